The Morgan fingerprint density at radius 1 is 1.19 bits per heavy atom. The smallest absolute Gasteiger partial charge is 0.303 e. The molecule has 0 radical (unpaired) electrons. The van der Waals surface area contributed by atoms with Crippen molar-refractivity contribution < 1.29 is 28.2 Å². The summed E-state index contributed by atoms with van der Waals surface area (Å²) in [6.07, 6.45) is 0.947. The molecular formula is C14H17F2NO4. The van der Waals surface area contributed by atoms with Crippen LogP contribution in [-0.2, 0) is 9.59 Å². The molecule has 1 amide bonds. The second kappa shape index (κ2) is 8.89. The molecule has 0 aliphatic rings. The lowest BCUT2D eigenvalue weighted by Gasteiger charge is -2.07. The number of carboxylic acid groups (broad SMARTS) is 1. The van der Waals surface area contributed by atoms with Gasteiger partial charge in [0.2, 0.25) is 5.91 Å². The van der Waals surface area contributed by atoms with Gasteiger partial charge in [0, 0.05) is 25.5 Å². The van der Waals surface area contributed by atoms with Crippen LogP contribution in [0.2, 0.25) is 0 Å². The van der Waals surface area contributed by atoms with Gasteiger partial charge in [0.05, 0.1) is 6.61 Å². The first-order valence-electron chi connectivity index (χ1n) is 6.55. The maximum absolute atomic E-state index is 13.2. The first kappa shape index (κ1) is 16.9. The molecule has 7 heteroatoms. The molecule has 0 aliphatic heterocycles. The molecule has 0 heterocycles. The van der Waals surface area contributed by atoms with Gasteiger partial charge in [-0.3, -0.25) is 9.59 Å². The summed E-state index contributed by atoms with van der Waals surface area (Å²) in [4.78, 5) is 21.6. The molecule has 0 bridgehead atoms. The molecule has 2 N–H and O–H groups in total. The number of hydrogen-bond acceptors (Lipinski definition) is 3. The average molecular weight is 301 g/mol. The van der Waals surface area contributed by atoms with Crippen LogP contribution >= 0.6 is 0 Å². The molecule has 0 atom stereocenters. The Labute approximate surface area is 120 Å². The molecule has 1 aromatic rings. The third-order valence-electron chi connectivity index (χ3n) is 2.59. The second-order valence-electron chi connectivity index (χ2n) is 4.37. The number of carboxylic acids is 1. The minimum absolute atomic E-state index is 0.00718. The SMILES string of the molecule is O=C(O)CCCNC(=O)CCCOc1ccc(F)cc1F. The fourth-order valence-electron chi connectivity index (χ4n) is 1.56. The van der Waals surface area contributed by atoms with Gasteiger partial charge in [-0.25, -0.2) is 8.78 Å². The third-order valence-corrected chi connectivity index (χ3v) is 2.59. The number of halogens is 2. The van der Waals surface area contributed by atoms with Gasteiger partial charge in [0.15, 0.2) is 11.6 Å². The predicted octanol–water partition coefficient (Wildman–Crippen LogP) is 2.10. The van der Waals surface area contributed by atoms with Crippen LogP contribution in [0, 0.1) is 11.6 Å². The number of carbonyl (C=O) groups excluding carboxylic acids is 1. The molecule has 1 rings (SSSR count). The minimum atomic E-state index is -0.904. The largest absolute Gasteiger partial charge is 0.491 e. The van der Waals surface area contributed by atoms with Crippen molar-refractivity contribution in [1.82, 2.24) is 5.32 Å². The van der Waals surface area contributed by atoms with Crippen LogP contribution in [0.15, 0.2) is 18.2 Å². The van der Waals surface area contributed by atoms with E-state index < -0.39 is 17.6 Å². The number of aliphatic carboxylic acids is 1. The van der Waals surface area contributed by atoms with Gasteiger partial charge < -0.3 is 15.2 Å². The lowest BCUT2D eigenvalue weighted by molar-refractivity contribution is -0.137. The van der Waals surface area contributed by atoms with Crippen LogP contribution in [0.3, 0.4) is 0 Å². The number of nitrogens with one attached hydrogen (secondary N) is 1. The highest BCUT2D eigenvalue weighted by Crippen LogP contribution is 2.17. The highest BCUT2D eigenvalue weighted by atomic mass is 19.1. The Morgan fingerprint density at radius 3 is 2.62 bits per heavy atom. The zero-order valence-corrected chi connectivity index (χ0v) is 11.4. The normalized spacial score (nSPS) is 10.2. The van der Waals surface area contributed by atoms with E-state index in [0.29, 0.717) is 19.4 Å². The van der Waals surface area contributed by atoms with Crippen LogP contribution in [0.4, 0.5) is 8.78 Å². The number of rotatable bonds is 9. The van der Waals surface area contributed by atoms with E-state index >= 15 is 0 Å². The summed E-state index contributed by atoms with van der Waals surface area (Å²) in [5.74, 6) is -2.64. The Bertz CT molecular complexity index is 494. The van der Waals surface area contributed by atoms with Gasteiger partial charge in [-0.15, -0.1) is 0 Å². The summed E-state index contributed by atoms with van der Waals surface area (Å²) in [6, 6.07) is 3.01. The van der Waals surface area contributed by atoms with Crippen LogP contribution in [-0.4, -0.2) is 30.1 Å². The summed E-state index contributed by atoms with van der Waals surface area (Å²) >= 11 is 0. The zero-order valence-electron chi connectivity index (χ0n) is 11.4. The van der Waals surface area contributed by atoms with Gasteiger partial charge in [-0.1, -0.05) is 0 Å². The van der Waals surface area contributed by atoms with E-state index in [4.69, 9.17) is 9.84 Å². The maximum atomic E-state index is 13.2. The van der Waals surface area contributed by atoms with Crippen molar-refractivity contribution in [2.24, 2.45) is 0 Å². The minimum Gasteiger partial charge on any atom is -0.491 e. The van der Waals surface area contributed by atoms with Gasteiger partial charge in [-0.2, -0.15) is 0 Å². The number of hydrogen-bond donors (Lipinski definition) is 2. The van der Waals surface area contributed by atoms with E-state index in [0.717, 1.165) is 12.1 Å². The van der Waals surface area contributed by atoms with Gasteiger partial charge >= 0.3 is 5.97 Å². The molecule has 0 saturated carbocycles. The van der Waals surface area contributed by atoms with Crippen molar-refractivity contribution in [2.45, 2.75) is 25.7 Å². The first-order chi connectivity index (χ1) is 9.99. The van der Waals surface area contributed by atoms with Gasteiger partial charge in [0.1, 0.15) is 5.82 Å². The van der Waals surface area contributed by atoms with Crippen LogP contribution in [0.5, 0.6) is 5.75 Å². The molecule has 0 saturated heterocycles. The second-order valence-corrected chi connectivity index (χ2v) is 4.37. The van der Waals surface area contributed by atoms with Crippen molar-refractivity contribution in [3.8, 4) is 5.75 Å². The van der Waals surface area contributed by atoms with Crippen molar-refractivity contribution in [3.05, 3.63) is 29.8 Å². The Hall–Kier alpha value is -2.18. The van der Waals surface area contributed by atoms with E-state index in [-0.39, 0.29) is 31.1 Å². The summed E-state index contributed by atoms with van der Waals surface area (Å²) in [6.45, 7) is 0.434. The highest BCUT2D eigenvalue weighted by molar-refractivity contribution is 5.75. The summed E-state index contributed by atoms with van der Waals surface area (Å²) in [7, 11) is 0. The van der Waals surface area contributed by atoms with Crippen LogP contribution in [0.1, 0.15) is 25.7 Å². The third kappa shape index (κ3) is 7.24. The van der Waals surface area contributed by atoms with Crippen molar-refractivity contribution in [2.75, 3.05) is 13.2 Å². The van der Waals surface area contributed by atoms with E-state index in [1.807, 2.05) is 0 Å². The monoisotopic (exact) mass is 301 g/mol. The van der Waals surface area contributed by atoms with Crippen LogP contribution in [0.25, 0.3) is 0 Å². The molecule has 0 aliphatic carbocycles. The van der Waals surface area contributed by atoms with Crippen molar-refractivity contribution in [3.63, 3.8) is 0 Å². The zero-order chi connectivity index (χ0) is 15.7. The lowest BCUT2D eigenvalue weighted by Crippen LogP contribution is -2.25. The topological polar surface area (TPSA) is 75.6 Å². The van der Waals surface area contributed by atoms with Crippen molar-refractivity contribution >= 4 is 11.9 Å². The Morgan fingerprint density at radius 2 is 1.95 bits per heavy atom. The predicted molar refractivity (Wildman–Crippen MR) is 71.0 cm³/mol. The molecule has 0 spiro atoms. The molecule has 5 nitrogen and oxygen atoms in total. The first-order valence-corrected chi connectivity index (χ1v) is 6.55. The molecule has 21 heavy (non-hydrogen) atoms. The average Bonchev–Trinajstić information content (AvgIpc) is 2.41. The van der Waals surface area contributed by atoms with Gasteiger partial charge in [-0.05, 0) is 25.0 Å². The quantitative estimate of drug-likeness (QED) is 0.685. The summed E-state index contributed by atoms with van der Waals surface area (Å²) in [5.41, 5.74) is 0. The van der Waals surface area contributed by atoms with Gasteiger partial charge in [0.25, 0.3) is 0 Å². The Balaban J connectivity index is 2.13. The van der Waals surface area contributed by atoms with E-state index in [9.17, 15) is 18.4 Å². The number of carbonyl (C=O) groups is 2. The summed E-state index contributed by atoms with van der Waals surface area (Å²) in [5, 5.41) is 11.0. The molecule has 1 aromatic carbocycles. The highest BCUT2D eigenvalue weighted by Gasteiger charge is 2.06. The fourth-order valence-corrected chi connectivity index (χ4v) is 1.56. The molecule has 0 fully saturated rings. The molecule has 116 valence electrons. The standard InChI is InChI=1S/C14H17F2NO4/c15-10-5-6-12(11(16)9-10)21-8-2-3-13(18)17-7-1-4-14(19)20/h5-6,9H,1-4,7-8H2,(H,17,18)(H,19,20). The molecule has 0 unspecified atom stereocenters. The van der Waals surface area contributed by atoms with E-state index in [2.05, 4.69) is 5.32 Å². The summed E-state index contributed by atoms with van der Waals surface area (Å²) < 4.78 is 31.0. The Kier molecular flexibility index (Phi) is 7.14. The fraction of sp³-hybridized carbons (Fsp3) is 0.429. The number of benzene rings is 1. The van der Waals surface area contributed by atoms with E-state index in [1.54, 1.807) is 0 Å². The maximum Gasteiger partial charge on any atom is 0.303 e. The van der Waals surface area contributed by atoms with Crippen molar-refractivity contribution in [1.29, 1.82) is 0 Å². The molecular weight excluding hydrogens is 284 g/mol. The molecule has 0 aromatic heterocycles. The van der Waals surface area contributed by atoms with E-state index in [1.165, 1.54) is 6.07 Å². The number of ether oxygens (including phenoxy) is 1. The number of amides is 1. The lowest BCUT2D eigenvalue weighted by atomic mass is 10.2. The van der Waals surface area contributed by atoms with Crippen LogP contribution < -0.4 is 10.1 Å².